The largest absolute Gasteiger partial charge is 0.325 e. The summed E-state index contributed by atoms with van der Waals surface area (Å²) in [5.41, 5.74) is 6.14. The van der Waals surface area contributed by atoms with Gasteiger partial charge in [0, 0.05) is 16.9 Å². The maximum Gasteiger partial charge on any atom is 0.268 e. The molecule has 2 heterocycles. The first-order valence-electron chi connectivity index (χ1n) is 11.2. The predicted molar refractivity (Wildman–Crippen MR) is 138 cm³/mol. The number of anilines is 2. The zero-order valence-corrected chi connectivity index (χ0v) is 18.6. The van der Waals surface area contributed by atoms with Crippen LogP contribution in [0.4, 0.5) is 11.6 Å². The molecule has 4 aromatic carbocycles. The second-order valence-electron chi connectivity index (χ2n) is 8.29. The number of rotatable bonds is 4. The highest BCUT2D eigenvalue weighted by Gasteiger charge is 2.22. The molecule has 164 valence electrons. The van der Waals surface area contributed by atoms with Gasteiger partial charge in [-0.15, -0.1) is 0 Å². The van der Waals surface area contributed by atoms with Gasteiger partial charge in [-0.2, -0.15) is 0 Å². The van der Waals surface area contributed by atoms with Gasteiger partial charge in [0.2, 0.25) is 5.95 Å². The number of hydrogen-bond acceptors (Lipinski definition) is 3. The van der Waals surface area contributed by atoms with E-state index in [1.54, 1.807) is 4.40 Å². The molecule has 0 spiro atoms. The Kier molecular flexibility index (Phi) is 4.73. The van der Waals surface area contributed by atoms with Crippen molar-refractivity contribution < 1.29 is 0 Å². The summed E-state index contributed by atoms with van der Waals surface area (Å²) in [6.45, 7) is 2.07. The fourth-order valence-electron chi connectivity index (χ4n) is 4.37. The van der Waals surface area contributed by atoms with Crippen LogP contribution in [0, 0.1) is 6.92 Å². The molecule has 0 unspecified atom stereocenters. The molecule has 1 N–H and O–H groups in total. The third kappa shape index (κ3) is 3.26. The Morgan fingerprint density at radius 1 is 0.735 bits per heavy atom. The van der Waals surface area contributed by atoms with E-state index in [0.717, 1.165) is 33.8 Å². The summed E-state index contributed by atoms with van der Waals surface area (Å²) in [5.74, 6) is 0.483. The third-order valence-electron chi connectivity index (χ3n) is 6.01. The van der Waals surface area contributed by atoms with Crippen LogP contribution in [-0.4, -0.2) is 14.0 Å². The van der Waals surface area contributed by atoms with Crippen LogP contribution < -0.4 is 10.9 Å². The lowest BCUT2D eigenvalue weighted by atomic mass is 10.1. The quantitative estimate of drug-likeness (QED) is 0.346. The minimum Gasteiger partial charge on any atom is -0.325 e. The van der Waals surface area contributed by atoms with E-state index < -0.39 is 0 Å². The number of benzene rings is 4. The molecule has 6 rings (SSSR count). The molecule has 0 radical (unpaired) electrons. The number of aromatic nitrogens is 3. The molecule has 0 atom stereocenters. The summed E-state index contributed by atoms with van der Waals surface area (Å²) in [7, 11) is 0. The number of aryl methyl sites for hydroxylation is 1. The van der Waals surface area contributed by atoms with E-state index in [1.807, 2.05) is 84.9 Å². The second kappa shape index (κ2) is 8.05. The SMILES string of the molecule is Cc1ccc(-n2c3ccccc3c(=O)n3c(Nc4ccccc4)nc(-c4ccccc4)c23)cc1. The highest BCUT2D eigenvalue weighted by molar-refractivity contribution is 5.89. The molecule has 0 bridgehead atoms. The van der Waals surface area contributed by atoms with Crippen molar-refractivity contribution in [3.8, 4) is 16.9 Å². The Bertz CT molecular complexity index is 1680. The third-order valence-corrected chi connectivity index (χ3v) is 6.01. The molecule has 0 saturated carbocycles. The lowest BCUT2D eigenvalue weighted by Gasteiger charge is -2.16. The standard InChI is InChI=1S/C29H22N4O/c1-20-16-18-23(19-17-20)32-25-15-9-8-14-24(25)28(34)33-27(32)26(21-10-4-2-5-11-21)31-29(33)30-22-12-6-3-7-13-22/h2-19H,1H3,(H,30,31). The fourth-order valence-corrected chi connectivity index (χ4v) is 4.37. The first-order chi connectivity index (χ1) is 16.7. The topological polar surface area (TPSA) is 51.3 Å². The lowest BCUT2D eigenvalue weighted by molar-refractivity contribution is 1.02. The molecule has 0 amide bonds. The highest BCUT2D eigenvalue weighted by Crippen LogP contribution is 2.31. The van der Waals surface area contributed by atoms with E-state index in [9.17, 15) is 4.79 Å². The highest BCUT2D eigenvalue weighted by atomic mass is 16.1. The molecule has 6 aromatic rings. The number of para-hydroxylation sites is 2. The zero-order valence-electron chi connectivity index (χ0n) is 18.6. The van der Waals surface area contributed by atoms with Crippen LogP contribution in [-0.2, 0) is 0 Å². The Labute approximate surface area is 196 Å². The van der Waals surface area contributed by atoms with Crippen LogP contribution in [0.25, 0.3) is 33.5 Å². The minimum atomic E-state index is -0.109. The van der Waals surface area contributed by atoms with E-state index >= 15 is 0 Å². The average Bonchev–Trinajstić information content (AvgIpc) is 3.25. The van der Waals surface area contributed by atoms with Crippen molar-refractivity contribution in [2.45, 2.75) is 6.92 Å². The summed E-state index contributed by atoms with van der Waals surface area (Å²) < 4.78 is 3.82. The van der Waals surface area contributed by atoms with Crippen LogP contribution in [0.15, 0.2) is 114 Å². The summed E-state index contributed by atoms with van der Waals surface area (Å²) in [6.07, 6.45) is 0. The van der Waals surface area contributed by atoms with E-state index in [-0.39, 0.29) is 5.56 Å². The van der Waals surface area contributed by atoms with E-state index in [0.29, 0.717) is 11.3 Å². The zero-order chi connectivity index (χ0) is 23.1. The number of imidazole rings is 1. The van der Waals surface area contributed by atoms with Crippen LogP contribution >= 0.6 is 0 Å². The molecule has 0 saturated heterocycles. The van der Waals surface area contributed by atoms with Gasteiger partial charge >= 0.3 is 0 Å². The van der Waals surface area contributed by atoms with Crippen LogP contribution in [0.2, 0.25) is 0 Å². The van der Waals surface area contributed by atoms with Gasteiger partial charge in [0.25, 0.3) is 5.56 Å². The monoisotopic (exact) mass is 442 g/mol. The van der Waals surface area contributed by atoms with Gasteiger partial charge in [-0.1, -0.05) is 78.4 Å². The molecule has 0 fully saturated rings. The van der Waals surface area contributed by atoms with Gasteiger partial charge in [-0.3, -0.25) is 9.36 Å². The number of fused-ring (bicyclic) bond motifs is 2. The van der Waals surface area contributed by atoms with Gasteiger partial charge in [0.05, 0.1) is 10.9 Å². The first-order valence-corrected chi connectivity index (χ1v) is 11.2. The van der Waals surface area contributed by atoms with Crippen LogP contribution in [0.3, 0.4) is 0 Å². The average molecular weight is 443 g/mol. The van der Waals surface area contributed by atoms with Crippen molar-refractivity contribution in [3.05, 3.63) is 125 Å². The predicted octanol–water partition coefficient (Wildman–Crippen LogP) is 6.36. The minimum absolute atomic E-state index is 0.109. The number of nitrogens with zero attached hydrogens (tertiary/aromatic N) is 3. The molecular formula is C29H22N4O. The van der Waals surface area contributed by atoms with Crippen LogP contribution in [0.1, 0.15) is 5.56 Å². The molecule has 0 aliphatic carbocycles. The Hall–Kier alpha value is -4.64. The Balaban J connectivity index is 1.78. The van der Waals surface area contributed by atoms with Gasteiger partial charge in [0.15, 0.2) is 5.65 Å². The van der Waals surface area contributed by atoms with Gasteiger partial charge in [0.1, 0.15) is 5.69 Å². The van der Waals surface area contributed by atoms with E-state index in [1.165, 1.54) is 5.56 Å². The Morgan fingerprint density at radius 2 is 1.38 bits per heavy atom. The summed E-state index contributed by atoms with van der Waals surface area (Å²) in [4.78, 5) is 18.8. The lowest BCUT2D eigenvalue weighted by Crippen LogP contribution is -2.19. The molecule has 34 heavy (non-hydrogen) atoms. The second-order valence-corrected chi connectivity index (χ2v) is 8.29. The van der Waals surface area contributed by atoms with Crippen molar-refractivity contribution in [2.75, 3.05) is 5.32 Å². The Morgan fingerprint density at radius 3 is 2.12 bits per heavy atom. The molecule has 5 nitrogen and oxygen atoms in total. The molecule has 2 aromatic heterocycles. The molecule has 0 aliphatic heterocycles. The molecular weight excluding hydrogens is 420 g/mol. The molecule has 0 aliphatic rings. The van der Waals surface area contributed by atoms with Crippen molar-refractivity contribution in [1.29, 1.82) is 0 Å². The van der Waals surface area contributed by atoms with Crippen molar-refractivity contribution in [2.24, 2.45) is 0 Å². The number of hydrogen-bond donors (Lipinski definition) is 1. The normalized spacial score (nSPS) is 11.2. The fraction of sp³-hybridized carbons (Fsp3) is 0.0345. The smallest absolute Gasteiger partial charge is 0.268 e. The first kappa shape index (κ1) is 20.0. The van der Waals surface area contributed by atoms with Gasteiger partial charge in [-0.05, 0) is 43.3 Å². The summed E-state index contributed by atoms with van der Waals surface area (Å²) >= 11 is 0. The van der Waals surface area contributed by atoms with Gasteiger partial charge in [-0.25, -0.2) is 9.38 Å². The van der Waals surface area contributed by atoms with E-state index in [2.05, 4.69) is 41.1 Å². The van der Waals surface area contributed by atoms with Crippen molar-refractivity contribution >= 4 is 28.2 Å². The van der Waals surface area contributed by atoms with E-state index in [4.69, 9.17) is 4.98 Å². The maximum absolute atomic E-state index is 13.9. The van der Waals surface area contributed by atoms with Crippen molar-refractivity contribution in [1.82, 2.24) is 14.0 Å². The summed E-state index contributed by atoms with van der Waals surface area (Å²) in [6, 6.07) is 35.8. The van der Waals surface area contributed by atoms with Gasteiger partial charge < -0.3 is 5.32 Å². The summed E-state index contributed by atoms with van der Waals surface area (Å²) in [5, 5.41) is 4.00. The van der Waals surface area contributed by atoms with Crippen LogP contribution in [0.5, 0.6) is 0 Å². The maximum atomic E-state index is 13.9. The molecule has 5 heteroatoms. The number of nitrogens with one attached hydrogen (secondary N) is 1. The van der Waals surface area contributed by atoms with Crippen molar-refractivity contribution in [3.63, 3.8) is 0 Å².